The summed E-state index contributed by atoms with van der Waals surface area (Å²) in [4.78, 5) is 19.3. The quantitative estimate of drug-likeness (QED) is 0.625. The summed E-state index contributed by atoms with van der Waals surface area (Å²) in [7, 11) is 1.93. The molecule has 0 bridgehead atoms. The average molecular weight is 395 g/mol. The van der Waals surface area contributed by atoms with Gasteiger partial charge in [0.05, 0.1) is 11.4 Å². The SMILES string of the molecule is CCSc1nnc2c(n1)O[C@H](c1cccn1C)N(C(=O)CC)c1ccccc1-2. The molecule has 1 amide bonds. The number of benzene rings is 1. The Kier molecular flexibility index (Phi) is 5.04. The number of anilines is 1. The Bertz CT molecular complexity index is 1020. The fraction of sp³-hybridized carbons (Fsp3) is 0.300. The summed E-state index contributed by atoms with van der Waals surface area (Å²) in [6.07, 6.45) is 1.64. The van der Waals surface area contributed by atoms with Crippen LogP contribution in [0.15, 0.2) is 47.8 Å². The summed E-state index contributed by atoms with van der Waals surface area (Å²) in [6.45, 7) is 3.88. The van der Waals surface area contributed by atoms with Crippen molar-refractivity contribution in [2.45, 2.75) is 31.7 Å². The van der Waals surface area contributed by atoms with E-state index in [4.69, 9.17) is 4.74 Å². The van der Waals surface area contributed by atoms with Gasteiger partial charge >= 0.3 is 0 Å². The number of fused-ring (bicyclic) bond motifs is 3. The molecule has 1 aromatic carbocycles. The first-order valence-electron chi connectivity index (χ1n) is 9.20. The second-order valence-electron chi connectivity index (χ2n) is 6.33. The Hall–Kier alpha value is -2.87. The van der Waals surface area contributed by atoms with Crippen LogP contribution in [0.25, 0.3) is 11.3 Å². The van der Waals surface area contributed by atoms with E-state index in [0.29, 0.717) is 23.2 Å². The van der Waals surface area contributed by atoms with Crippen molar-refractivity contribution < 1.29 is 9.53 Å². The van der Waals surface area contributed by atoms with E-state index in [1.54, 1.807) is 4.90 Å². The Labute approximate surface area is 167 Å². The highest BCUT2D eigenvalue weighted by atomic mass is 32.2. The minimum Gasteiger partial charge on any atom is -0.445 e. The molecule has 28 heavy (non-hydrogen) atoms. The van der Waals surface area contributed by atoms with Crippen LogP contribution < -0.4 is 9.64 Å². The molecule has 0 saturated heterocycles. The molecule has 7 nitrogen and oxygen atoms in total. The third kappa shape index (κ3) is 3.13. The fourth-order valence-corrected chi connectivity index (χ4v) is 3.77. The Balaban J connectivity index is 1.96. The first-order valence-corrected chi connectivity index (χ1v) is 10.2. The Morgan fingerprint density at radius 1 is 1.18 bits per heavy atom. The van der Waals surface area contributed by atoms with Crippen molar-refractivity contribution in [1.82, 2.24) is 19.7 Å². The van der Waals surface area contributed by atoms with Crippen molar-refractivity contribution in [1.29, 1.82) is 0 Å². The van der Waals surface area contributed by atoms with Gasteiger partial charge in [0, 0.05) is 25.2 Å². The molecule has 2 aromatic heterocycles. The lowest BCUT2D eigenvalue weighted by Gasteiger charge is -2.30. The van der Waals surface area contributed by atoms with E-state index in [-0.39, 0.29) is 5.91 Å². The van der Waals surface area contributed by atoms with Crippen LogP contribution in [0.5, 0.6) is 5.88 Å². The van der Waals surface area contributed by atoms with E-state index in [1.165, 1.54) is 11.8 Å². The summed E-state index contributed by atoms with van der Waals surface area (Å²) in [6, 6.07) is 11.5. The van der Waals surface area contributed by atoms with Crippen molar-refractivity contribution >= 4 is 23.4 Å². The molecule has 8 heteroatoms. The first-order chi connectivity index (χ1) is 13.6. The number of carbonyl (C=O) groups is 1. The van der Waals surface area contributed by atoms with Crippen LogP contribution >= 0.6 is 11.8 Å². The van der Waals surface area contributed by atoms with E-state index in [0.717, 1.165) is 22.7 Å². The molecule has 1 aliphatic rings. The lowest BCUT2D eigenvalue weighted by Crippen LogP contribution is -2.38. The van der Waals surface area contributed by atoms with Gasteiger partial charge in [-0.3, -0.25) is 9.69 Å². The molecule has 0 spiro atoms. The van der Waals surface area contributed by atoms with Gasteiger partial charge in [-0.2, -0.15) is 4.98 Å². The first kappa shape index (κ1) is 18.5. The monoisotopic (exact) mass is 395 g/mol. The zero-order chi connectivity index (χ0) is 19.7. The number of nitrogens with zero attached hydrogens (tertiary/aromatic N) is 5. The van der Waals surface area contributed by atoms with Crippen LogP contribution in [0, 0.1) is 0 Å². The van der Waals surface area contributed by atoms with Crippen molar-refractivity contribution in [3.63, 3.8) is 0 Å². The van der Waals surface area contributed by atoms with E-state index < -0.39 is 6.23 Å². The molecule has 1 atom stereocenters. The molecule has 3 heterocycles. The molecule has 0 radical (unpaired) electrons. The number of carbonyl (C=O) groups excluding carboxylic acids is 1. The maximum absolute atomic E-state index is 13.0. The van der Waals surface area contributed by atoms with Crippen LogP contribution in [0.2, 0.25) is 0 Å². The molecular formula is C20H21N5O2S. The van der Waals surface area contributed by atoms with Crippen LogP contribution in [0.3, 0.4) is 0 Å². The lowest BCUT2D eigenvalue weighted by molar-refractivity contribution is -0.120. The molecule has 1 aliphatic heterocycles. The number of thioether (sulfide) groups is 1. The van der Waals surface area contributed by atoms with Crippen molar-refractivity contribution in [2.24, 2.45) is 7.05 Å². The average Bonchev–Trinajstić information content (AvgIpc) is 3.07. The van der Waals surface area contributed by atoms with Gasteiger partial charge < -0.3 is 9.30 Å². The molecule has 0 unspecified atom stereocenters. The number of para-hydroxylation sites is 1. The lowest BCUT2D eigenvalue weighted by atomic mass is 10.1. The summed E-state index contributed by atoms with van der Waals surface area (Å²) in [5.74, 6) is 1.18. The zero-order valence-corrected chi connectivity index (χ0v) is 16.8. The Morgan fingerprint density at radius 2 is 2.00 bits per heavy atom. The van der Waals surface area contributed by atoms with Crippen LogP contribution in [0.4, 0.5) is 5.69 Å². The number of aryl methyl sites for hydroxylation is 1. The smallest absolute Gasteiger partial charge is 0.247 e. The minimum absolute atomic E-state index is 0.0393. The van der Waals surface area contributed by atoms with Gasteiger partial charge in [0.1, 0.15) is 0 Å². The zero-order valence-electron chi connectivity index (χ0n) is 16.0. The molecular weight excluding hydrogens is 374 g/mol. The molecule has 0 fully saturated rings. The predicted molar refractivity (Wildman–Crippen MR) is 108 cm³/mol. The summed E-state index contributed by atoms with van der Waals surface area (Å²) in [5.41, 5.74) is 2.92. The van der Waals surface area contributed by atoms with Gasteiger partial charge in [-0.05, 0) is 24.0 Å². The molecule has 0 saturated carbocycles. The molecule has 3 aromatic rings. The molecule has 144 valence electrons. The third-order valence-corrected chi connectivity index (χ3v) is 5.31. The predicted octanol–water partition coefficient (Wildman–Crippen LogP) is 3.82. The highest BCUT2D eigenvalue weighted by molar-refractivity contribution is 7.99. The van der Waals surface area contributed by atoms with Gasteiger partial charge in [-0.25, -0.2) is 0 Å². The minimum atomic E-state index is -0.647. The summed E-state index contributed by atoms with van der Waals surface area (Å²) in [5, 5.41) is 9.18. The number of rotatable bonds is 4. The van der Waals surface area contributed by atoms with Crippen molar-refractivity contribution in [3.8, 4) is 17.1 Å². The number of amides is 1. The maximum Gasteiger partial charge on any atom is 0.247 e. The largest absolute Gasteiger partial charge is 0.445 e. The van der Waals surface area contributed by atoms with Gasteiger partial charge in [-0.1, -0.05) is 43.8 Å². The molecule has 0 N–H and O–H groups in total. The molecule has 4 rings (SSSR count). The van der Waals surface area contributed by atoms with Gasteiger partial charge in [0.15, 0.2) is 5.69 Å². The second kappa shape index (κ2) is 7.63. The van der Waals surface area contributed by atoms with E-state index in [9.17, 15) is 4.79 Å². The third-order valence-electron chi connectivity index (χ3n) is 4.59. The highest BCUT2D eigenvalue weighted by Gasteiger charge is 2.36. The number of ether oxygens (including phenoxy) is 1. The van der Waals surface area contributed by atoms with Crippen LogP contribution in [-0.4, -0.2) is 31.4 Å². The topological polar surface area (TPSA) is 73.1 Å². The van der Waals surface area contributed by atoms with E-state index in [2.05, 4.69) is 15.2 Å². The maximum atomic E-state index is 13.0. The summed E-state index contributed by atoms with van der Waals surface area (Å²) >= 11 is 1.50. The van der Waals surface area contributed by atoms with Gasteiger partial charge in [0.2, 0.25) is 23.2 Å². The normalized spacial score (nSPS) is 15.4. The summed E-state index contributed by atoms with van der Waals surface area (Å²) < 4.78 is 8.29. The van der Waals surface area contributed by atoms with E-state index in [1.807, 2.05) is 68.1 Å². The second-order valence-corrected chi connectivity index (χ2v) is 7.56. The van der Waals surface area contributed by atoms with Crippen molar-refractivity contribution in [3.05, 3.63) is 48.3 Å². The Morgan fingerprint density at radius 3 is 2.71 bits per heavy atom. The van der Waals surface area contributed by atoms with Crippen LogP contribution in [-0.2, 0) is 11.8 Å². The molecule has 0 aliphatic carbocycles. The van der Waals surface area contributed by atoms with Crippen LogP contribution in [0.1, 0.15) is 32.2 Å². The van der Waals surface area contributed by atoms with E-state index >= 15 is 0 Å². The van der Waals surface area contributed by atoms with Gasteiger partial charge in [0.25, 0.3) is 0 Å². The van der Waals surface area contributed by atoms with Gasteiger partial charge in [-0.15, -0.1) is 10.2 Å². The highest BCUT2D eigenvalue weighted by Crippen LogP contribution is 2.43. The number of hydrogen-bond donors (Lipinski definition) is 0. The standard InChI is InChI=1S/C20H21N5O2S/c1-4-16(26)25-14-10-7-6-9-13(14)17-18(21-20(23-22-17)28-5-2)27-19(25)15-11-8-12-24(15)3/h6-12,19H,4-5H2,1-3H3/t19-/m1/s1. The fourth-order valence-electron chi connectivity index (χ4n) is 3.27. The van der Waals surface area contributed by atoms with Crippen molar-refractivity contribution in [2.75, 3.05) is 10.7 Å². The number of aromatic nitrogens is 4. The number of hydrogen-bond acceptors (Lipinski definition) is 6.